The predicted molar refractivity (Wildman–Crippen MR) is 99.3 cm³/mol. The smallest absolute Gasteiger partial charge is 0.0946 e. The van der Waals surface area contributed by atoms with E-state index in [1.807, 2.05) is 42.9 Å². The molecule has 4 nitrogen and oxygen atoms in total. The number of aryl methyl sites for hydroxylation is 1. The van der Waals surface area contributed by atoms with E-state index in [4.69, 9.17) is 22.1 Å². The summed E-state index contributed by atoms with van der Waals surface area (Å²) in [5.74, 6) is 0. The van der Waals surface area contributed by atoms with Crippen LogP contribution in [-0.2, 0) is 24.3 Å². The quantitative estimate of drug-likeness (QED) is 0.605. The van der Waals surface area contributed by atoms with Crippen LogP contribution >= 0.6 is 22.9 Å². The number of imidazole rings is 1. The highest BCUT2D eigenvalue weighted by Gasteiger charge is 2.12. The van der Waals surface area contributed by atoms with Gasteiger partial charge in [-0.15, -0.1) is 11.3 Å². The van der Waals surface area contributed by atoms with Crippen LogP contribution in [0, 0.1) is 0 Å². The zero-order valence-corrected chi connectivity index (χ0v) is 14.8. The monoisotopic (exact) mass is 361 g/mol. The molecule has 0 bridgehead atoms. The average Bonchev–Trinajstić information content (AvgIpc) is 3.23. The van der Waals surface area contributed by atoms with Crippen LogP contribution in [0.2, 0.25) is 4.34 Å². The molecule has 2 aromatic heterocycles. The minimum Gasteiger partial charge on any atom is -0.399 e. The van der Waals surface area contributed by atoms with Crippen LogP contribution in [-0.4, -0.2) is 15.7 Å². The van der Waals surface area contributed by atoms with Gasteiger partial charge in [0.05, 0.1) is 23.4 Å². The van der Waals surface area contributed by atoms with E-state index < -0.39 is 0 Å². The summed E-state index contributed by atoms with van der Waals surface area (Å²) in [6.07, 6.45) is 7.57. The van der Waals surface area contributed by atoms with E-state index in [1.165, 1.54) is 4.88 Å². The number of thiophene rings is 1. The highest BCUT2D eigenvalue weighted by molar-refractivity contribution is 7.16. The number of aromatic nitrogens is 2. The average molecular weight is 362 g/mol. The maximum Gasteiger partial charge on any atom is 0.0946 e. The van der Waals surface area contributed by atoms with Gasteiger partial charge in [-0.25, -0.2) is 4.98 Å². The zero-order valence-electron chi connectivity index (χ0n) is 13.3. The Bertz CT molecular complexity index is 740. The van der Waals surface area contributed by atoms with E-state index in [1.54, 1.807) is 17.5 Å². The van der Waals surface area contributed by atoms with Gasteiger partial charge < -0.3 is 15.0 Å². The number of nitrogens with zero attached hydrogens (tertiary/aromatic N) is 2. The first-order valence-electron chi connectivity index (χ1n) is 7.85. The van der Waals surface area contributed by atoms with Gasteiger partial charge in [0, 0.05) is 29.5 Å². The molecule has 24 heavy (non-hydrogen) atoms. The summed E-state index contributed by atoms with van der Waals surface area (Å²) in [6, 6.07) is 11.8. The Morgan fingerprint density at radius 3 is 2.71 bits per heavy atom. The van der Waals surface area contributed by atoms with Gasteiger partial charge in [0.15, 0.2) is 0 Å². The molecule has 0 aliphatic rings. The standard InChI is InChI=1S/C18H20ClN3OS/c19-18-8-7-17(24-18)6-5-16(11-22-10-9-21-13-22)23-12-14-1-3-15(20)4-2-14/h1-4,7-10,13,16H,5-6,11-12,20H2. The summed E-state index contributed by atoms with van der Waals surface area (Å²) in [4.78, 5) is 5.39. The Kier molecular flexibility index (Phi) is 5.91. The number of nitrogen functional groups attached to an aromatic ring is 1. The molecular weight excluding hydrogens is 342 g/mol. The number of hydrogen-bond donors (Lipinski definition) is 1. The maximum absolute atomic E-state index is 6.15. The Labute approximate surface area is 150 Å². The molecule has 1 atom stereocenters. The molecule has 0 saturated heterocycles. The number of nitrogens with two attached hydrogens (primary N) is 1. The van der Waals surface area contributed by atoms with Gasteiger partial charge in [0.1, 0.15) is 0 Å². The van der Waals surface area contributed by atoms with Crippen molar-refractivity contribution in [2.24, 2.45) is 0 Å². The number of benzene rings is 1. The molecule has 2 N–H and O–H groups in total. The molecule has 3 rings (SSSR count). The highest BCUT2D eigenvalue weighted by Crippen LogP contribution is 2.23. The van der Waals surface area contributed by atoms with Gasteiger partial charge in [-0.3, -0.25) is 0 Å². The van der Waals surface area contributed by atoms with E-state index in [0.29, 0.717) is 6.61 Å². The fourth-order valence-electron chi connectivity index (χ4n) is 2.47. The summed E-state index contributed by atoms with van der Waals surface area (Å²) in [7, 11) is 0. The van der Waals surface area contributed by atoms with Crippen LogP contribution < -0.4 is 5.73 Å². The van der Waals surface area contributed by atoms with Crippen LogP contribution in [0.1, 0.15) is 16.9 Å². The van der Waals surface area contributed by atoms with Crippen LogP contribution in [0.5, 0.6) is 0 Å². The Hall–Kier alpha value is -1.82. The summed E-state index contributed by atoms with van der Waals surface area (Å²) in [6.45, 7) is 1.36. The molecule has 0 spiro atoms. The van der Waals surface area contributed by atoms with E-state index in [-0.39, 0.29) is 6.10 Å². The third-order valence-electron chi connectivity index (χ3n) is 3.78. The highest BCUT2D eigenvalue weighted by atomic mass is 35.5. The minimum atomic E-state index is 0.109. The van der Waals surface area contributed by atoms with Crippen LogP contribution in [0.25, 0.3) is 0 Å². The number of rotatable bonds is 8. The summed E-state index contributed by atoms with van der Waals surface area (Å²) in [5.41, 5.74) is 7.62. The normalized spacial score (nSPS) is 12.4. The van der Waals surface area contributed by atoms with Crippen molar-refractivity contribution in [3.8, 4) is 0 Å². The lowest BCUT2D eigenvalue weighted by Crippen LogP contribution is -2.20. The first kappa shape index (κ1) is 17.0. The topological polar surface area (TPSA) is 53.1 Å². The maximum atomic E-state index is 6.15. The second-order valence-corrected chi connectivity index (χ2v) is 7.48. The van der Waals surface area contributed by atoms with Crippen LogP contribution in [0.15, 0.2) is 55.1 Å². The molecule has 3 aromatic rings. The number of halogens is 1. The van der Waals surface area contributed by atoms with Gasteiger partial charge in [0.25, 0.3) is 0 Å². The first-order valence-corrected chi connectivity index (χ1v) is 9.04. The Morgan fingerprint density at radius 1 is 1.21 bits per heavy atom. The summed E-state index contributed by atoms with van der Waals surface area (Å²) >= 11 is 7.64. The molecule has 6 heteroatoms. The third-order valence-corrected chi connectivity index (χ3v) is 5.07. The second-order valence-electron chi connectivity index (χ2n) is 5.68. The molecular formula is C18H20ClN3OS. The number of hydrogen-bond acceptors (Lipinski definition) is 4. The second kappa shape index (κ2) is 8.33. The van der Waals surface area contributed by atoms with Crippen molar-refractivity contribution in [3.63, 3.8) is 0 Å². The lowest BCUT2D eigenvalue weighted by molar-refractivity contribution is 0.0241. The van der Waals surface area contributed by atoms with E-state index >= 15 is 0 Å². The molecule has 0 aliphatic carbocycles. The largest absolute Gasteiger partial charge is 0.399 e. The zero-order chi connectivity index (χ0) is 16.8. The van der Waals surface area contributed by atoms with Crippen molar-refractivity contribution in [1.29, 1.82) is 0 Å². The fourth-order valence-corrected chi connectivity index (χ4v) is 3.58. The van der Waals surface area contributed by atoms with Crippen molar-refractivity contribution in [1.82, 2.24) is 9.55 Å². The van der Waals surface area contributed by atoms with Crippen molar-refractivity contribution in [2.45, 2.75) is 32.1 Å². The number of anilines is 1. The molecule has 1 aromatic carbocycles. The van der Waals surface area contributed by atoms with E-state index in [2.05, 4.69) is 15.6 Å². The Balaban J connectivity index is 1.59. The van der Waals surface area contributed by atoms with Gasteiger partial charge >= 0.3 is 0 Å². The van der Waals surface area contributed by atoms with Crippen LogP contribution in [0.3, 0.4) is 0 Å². The first-order chi connectivity index (χ1) is 11.7. The van der Waals surface area contributed by atoms with Gasteiger partial charge in [-0.2, -0.15) is 0 Å². The van der Waals surface area contributed by atoms with E-state index in [9.17, 15) is 0 Å². The van der Waals surface area contributed by atoms with E-state index in [0.717, 1.165) is 35.0 Å². The van der Waals surface area contributed by atoms with Crippen molar-refractivity contribution in [3.05, 3.63) is 69.9 Å². The molecule has 0 radical (unpaired) electrons. The SMILES string of the molecule is Nc1ccc(COC(CCc2ccc(Cl)s2)Cn2ccnc2)cc1. The molecule has 0 saturated carbocycles. The van der Waals surface area contributed by atoms with Crippen molar-refractivity contribution >= 4 is 28.6 Å². The summed E-state index contributed by atoms with van der Waals surface area (Å²) in [5, 5.41) is 0. The Morgan fingerprint density at radius 2 is 2.04 bits per heavy atom. The number of ether oxygens (including phenoxy) is 1. The minimum absolute atomic E-state index is 0.109. The molecule has 0 aliphatic heterocycles. The van der Waals surface area contributed by atoms with Gasteiger partial charge in [0.2, 0.25) is 0 Å². The molecule has 1 unspecified atom stereocenters. The summed E-state index contributed by atoms with van der Waals surface area (Å²) < 4.78 is 9.04. The molecule has 126 valence electrons. The van der Waals surface area contributed by atoms with Gasteiger partial charge in [-0.05, 0) is 42.7 Å². The molecule has 0 fully saturated rings. The predicted octanol–water partition coefficient (Wildman–Crippen LogP) is 4.40. The lowest BCUT2D eigenvalue weighted by Gasteiger charge is -2.18. The molecule has 0 amide bonds. The van der Waals surface area contributed by atoms with Crippen LogP contribution in [0.4, 0.5) is 5.69 Å². The van der Waals surface area contributed by atoms with Crippen molar-refractivity contribution in [2.75, 3.05) is 5.73 Å². The van der Waals surface area contributed by atoms with Gasteiger partial charge in [-0.1, -0.05) is 23.7 Å². The van der Waals surface area contributed by atoms with Crippen molar-refractivity contribution < 1.29 is 4.74 Å². The molecule has 2 heterocycles. The lowest BCUT2D eigenvalue weighted by atomic mass is 10.1. The fraction of sp³-hybridized carbons (Fsp3) is 0.278. The third kappa shape index (κ3) is 5.09.